The molecule has 86 valence electrons. The van der Waals surface area contributed by atoms with Crippen LogP contribution in [0.15, 0.2) is 16.3 Å². The third kappa shape index (κ3) is 3.30. The lowest BCUT2D eigenvalue weighted by molar-refractivity contribution is 0.355. The summed E-state index contributed by atoms with van der Waals surface area (Å²) in [5.41, 5.74) is 8.57. The number of allylic oxidation sites excluding steroid dienone is 1. The van der Waals surface area contributed by atoms with Gasteiger partial charge in [0, 0.05) is 31.0 Å². The van der Waals surface area contributed by atoms with Crippen LogP contribution in [0.25, 0.3) is 0 Å². The van der Waals surface area contributed by atoms with Crippen molar-refractivity contribution in [3.05, 3.63) is 11.3 Å². The lowest BCUT2D eigenvalue weighted by Gasteiger charge is -2.14. The summed E-state index contributed by atoms with van der Waals surface area (Å²) < 4.78 is 13.0. The van der Waals surface area contributed by atoms with Crippen molar-refractivity contribution in [2.24, 2.45) is 10.7 Å². The zero-order valence-electron chi connectivity index (χ0n) is 9.68. The molecule has 0 aromatic carbocycles. The minimum absolute atomic E-state index is 0.199. The quantitative estimate of drug-likeness (QED) is 0.696. The van der Waals surface area contributed by atoms with Crippen molar-refractivity contribution in [3.8, 4) is 0 Å². The Hall–Kier alpha value is -0.900. The largest absolute Gasteiger partial charge is 0.402 e. The van der Waals surface area contributed by atoms with E-state index < -0.39 is 6.17 Å². The Kier molecular flexibility index (Phi) is 4.27. The average molecular weight is 213 g/mol. The first-order chi connectivity index (χ1) is 7.04. The van der Waals surface area contributed by atoms with Crippen LogP contribution < -0.4 is 11.1 Å². The minimum Gasteiger partial charge on any atom is -0.402 e. The fraction of sp³-hybridized carbons (Fsp3) is 0.727. The van der Waals surface area contributed by atoms with Crippen molar-refractivity contribution < 1.29 is 4.39 Å². The molecule has 1 saturated heterocycles. The molecular weight excluding hydrogens is 193 g/mol. The number of halogens is 1. The van der Waals surface area contributed by atoms with Gasteiger partial charge in [0.25, 0.3) is 0 Å². The van der Waals surface area contributed by atoms with E-state index in [1.54, 1.807) is 7.05 Å². The number of rotatable bonds is 3. The molecule has 15 heavy (non-hydrogen) atoms. The molecule has 3 nitrogen and oxygen atoms in total. The average Bonchev–Trinajstić information content (AvgIpc) is 2.59. The van der Waals surface area contributed by atoms with Gasteiger partial charge in [-0.05, 0) is 32.3 Å². The molecular formula is C11H20FN3. The predicted molar refractivity (Wildman–Crippen MR) is 61.8 cm³/mol. The summed E-state index contributed by atoms with van der Waals surface area (Å²) in [6.45, 7) is 4.27. The molecule has 4 heteroatoms. The van der Waals surface area contributed by atoms with Gasteiger partial charge in [-0.1, -0.05) is 0 Å². The van der Waals surface area contributed by atoms with Gasteiger partial charge in [0.15, 0.2) is 0 Å². The summed E-state index contributed by atoms with van der Waals surface area (Å²) in [5.74, 6) is 0. The van der Waals surface area contributed by atoms with E-state index >= 15 is 0 Å². The molecule has 0 amide bonds. The van der Waals surface area contributed by atoms with Crippen molar-refractivity contribution in [1.82, 2.24) is 5.32 Å². The molecule has 1 aliphatic rings. The van der Waals surface area contributed by atoms with Crippen LogP contribution in [0.3, 0.4) is 0 Å². The summed E-state index contributed by atoms with van der Waals surface area (Å²) >= 11 is 0. The molecule has 0 radical (unpaired) electrons. The normalized spacial score (nSPS) is 29.2. The maximum Gasteiger partial charge on any atom is 0.114 e. The SMILES string of the molecule is CN=C(C)C(C[C@H]1C[C@@H](F)CN1)=C(C)N. The fourth-order valence-electron chi connectivity index (χ4n) is 1.90. The van der Waals surface area contributed by atoms with E-state index in [4.69, 9.17) is 5.73 Å². The molecule has 0 spiro atoms. The number of alkyl halides is 1. The molecule has 1 rings (SSSR count). The van der Waals surface area contributed by atoms with Crippen molar-refractivity contribution >= 4 is 5.71 Å². The van der Waals surface area contributed by atoms with Crippen LogP contribution in [0.1, 0.15) is 26.7 Å². The topological polar surface area (TPSA) is 50.4 Å². The first kappa shape index (κ1) is 12.2. The number of aliphatic imine (C=N–C) groups is 1. The van der Waals surface area contributed by atoms with Gasteiger partial charge in [-0.15, -0.1) is 0 Å². The molecule has 0 bridgehead atoms. The second-order valence-electron chi connectivity index (χ2n) is 4.11. The standard InChI is InChI=1S/C11H20FN3/c1-7(13)11(8(2)14-3)5-10-4-9(12)6-15-10/h9-10,15H,4-6,13H2,1-3H3/t9-,10-/m1/s1. The summed E-state index contributed by atoms with van der Waals surface area (Å²) in [6.07, 6.45) is 0.632. The van der Waals surface area contributed by atoms with Gasteiger partial charge in [-0.2, -0.15) is 0 Å². The van der Waals surface area contributed by atoms with Crippen LogP contribution in [0.5, 0.6) is 0 Å². The molecule has 1 fully saturated rings. The van der Waals surface area contributed by atoms with Crippen molar-refractivity contribution in [2.75, 3.05) is 13.6 Å². The number of nitrogens with one attached hydrogen (secondary N) is 1. The molecule has 0 saturated carbocycles. The van der Waals surface area contributed by atoms with E-state index in [1.165, 1.54) is 0 Å². The molecule has 0 aliphatic carbocycles. The number of nitrogens with two attached hydrogens (primary N) is 1. The number of hydrogen-bond acceptors (Lipinski definition) is 3. The molecule has 1 aliphatic heterocycles. The molecule has 3 N–H and O–H groups in total. The highest BCUT2D eigenvalue weighted by Gasteiger charge is 2.24. The summed E-state index contributed by atoms with van der Waals surface area (Å²) in [6, 6.07) is 0.199. The molecule has 1 heterocycles. The van der Waals surface area contributed by atoms with Gasteiger partial charge in [0.1, 0.15) is 6.17 Å². The van der Waals surface area contributed by atoms with E-state index in [0.717, 1.165) is 23.4 Å². The van der Waals surface area contributed by atoms with Crippen LogP contribution in [0.4, 0.5) is 4.39 Å². The van der Waals surface area contributed by atoms with Crippen LogP contribution in [0.2, 0.25) is 0 Å². The zero-order valence-corrected chi connectivity index (χ0v) is 9.68. The molecule has 0 aromatic heterocycles. The zero-order chi connectivity index (χ0) is 11.4. The van der Waals surface area contributed by atoms with Gasteiger partial charge in [0.05, 0.1) is 0 Å². The molecule has 0 unspecified atom stereocenters. The highest BCUT2D eigenvalue weighted by Crippen LogP contribution is 2.19. The van der Waals surface area contributed by atoms with Crippen LogP contribution in [-0.2, 0) is 0 Å². The van der Waals surface area contributed by atoms with E-state index in [2.05, 4.69) is 10.3 Å². The van der Waals surface area contributed by atoms with Gasteiger partial charge >= 0.3 is 0 Å². The monoisotopic (exact) mass is 213 g/mol. The summed E-state index contributed by atoms with van der Waals surface area (Å²) in [5, 5.41) is 3.15. The summed E-state index contributed by atoms with van der Waals surface area (Å²) in [4.78, 5) is 4.13. The second kappa shape index (κ2) is 5.26. The maximum absolute atomic E-state index is 13.0. The second-order valence-corrected chi connectivity index (χ2v) is 4.11. The van der Waals surface area contributed by atoms with Gasteiger partial charge in [0.2, 0.25) is 0 Å². The summed E-state index contributed by atoms with van der Waals surface area (Å²) in [7, 11) is 1.75. The Morgan fingerprint density at radius 2 is 2.20 bits per heavy atom. The Labute approximate surface area is 90.6 Å². The molecule has 2 atom stereocenters. The highest BCUT2D eigenvalue weighted by atomic mass is 19.1. The van der Waals surface area contributed by atoms with E-state index in [1.807, 2.05) is 13.8 Å². The predicted octanol–water partition coefficient (Wildman–Crippen LogP) is 1.40. The third-order valence-electron chi connectivity index (χ3n) is 2.87. The Morgan fingerprint density at radius 1 is 1.53 bits per heavy atom. The van der Waals surface area contributed by atoms with E-state index in [9.17, 15) is 4.39 Å². The first-order valence-corrected chi connectivity index (χ1v) is 5.31. The van der Waals surface area contributed by atoms with Crippen molar-refractivity contribution in [2.45, 2.75) is 38.9 Å². The Morgan fingerprint density at radius 3 is 2.60 bits per heavy atom. The lowest BCUT2D eigenvalue weighted by atomic mass is 9.99. The van der Waals surface area contributed by atoms with Crippen molar-refractivity contribution in [3.63, 3.8) is 0 Å². The third-order valence-corrected chi connectivity index (χ3v) is 2.87. The van der Waals surface area contributed by atoms with Crippen LogP contribution in [0, 0.1) is 0 Å². The maximum atomic E-state index is 13.0. The molecule has 0 aromatic rings. The number of nitrogens with zero attached hydrogens (tertiary/aromatic N) is 1. The first-order valence-electron chi connectivity index (χ1n) is 5.31. The van der Waals surface area contributed by atoms with Crippen LogP contribution in [-0.4, -0.2) is 31.5 Å². The lowest BCUT2D eigenvalue weighted by Crippen LogP contribution is -2.24. The Bertz CT molecular complexity index is 280. The van der Waals surface area contributed by atoms with Gasteiger partial charge < -0.3 is 11.1 Å². The van der Waals surface area contributed by atoms with Crippen molar-refractivity contribution in [1.29, 1.82) is 0 Å². The smallest absolute Gasteiger partial charge is 0.114 e. The van der Waals surface area contributed by atoms with E-state index in [0.29, 0.717) is 13.0 Å². The Balaban J connectivity index is 2.65. The fourth-order valence-corrected chi connectivity index (χ4v) is 1.90. The van der Waals surface area contributed by atoms with Gasteiger partial charge in [-0.3, -0.25) is 4.99 Å². The minimum atomic E-state index is -0.715. The van der Waals surface area contributed by atoms with Crippen LogP contribution >= 0.6 is 0 Å². The van der Waals surface area contributed by atoms with Gasteiger partial charge in [-0.25, -0.2) is 4.39 Å². The number of hydrogen-bond donors (Lipinski definition) is 2. The highest BCUT2D eigenvalue weighted by molar-refractivity contribution is 5.98. The van der Waals surface area contributed by atoms with E-state index in [-0.39, 0.29) is 6.04 Å².